The van der Waals surface area contributed by atoms with Crippen molar-refractivity contribution in [2.75, 3.05) is 13.1 Å². The Labute approximate surface area is 160 Å². The zero-order valence-corrected chi connectivity index (χ0v) is 15.7. The number of nitrogens with zero attached hydrogens (tertiary/aromatic N) is 6. The van der Waals surface area contributed by atoms with Crippen molar-refractivity contribution in [1.82, 2.24) is 35.1 Å². The van der Waals surface area contributed by atoms with Gasteiger partial charge in [-0.1, -0.05) is 11.3 Å². The van der Waals surface area contributed by atoms with Gasteiger partial charge in [0.2, 0.25) is 0 Å². The van der Waals surface area contributed by atoms with Crippen LogP contribution in [0.2, 0.25) is 0 Å². The number of nitrogens with one attached hydrogen (secondary N) is 1. The predicted octanol–water partition coefficient (Wildman–Crippen LogP) is 2.40. The van der Waals surface area contributed by atoms with Crippen LogP contribution in [-0.4, -0.2) is 54.1 Å². The number of carbonyl (C=O) groups is 1. The molecule has 1 unspecified atom stereocenters. The molecule has 140 valence electrons. The van der Waals surface area contributed by atoms with Gasteiger partial charge in [-0.3, -0.25) is 9.89 Å². The Hall–Kier alpha value is -2.55. The molecule has 1 N–H and O–H groups in total. The van der Waals surface area contributed by atoms with Crippen LogP contribution in [-0.2, 0) is 6.54 Å². The SMILES string of the molecule is O=C(c1cn(Cc2cccs2)nn1)N1CCCC(c2n[nH]c(C3CC3)n2)C1. The molecule has 1 aliphatic carbocycles. The number of piperidine rings is 1. The van der Waals surface area contributed by atoms with E-state index in [-0.39, 0.29) is 11.8 Å². The van der Waals surface area contributed by atoms with Crippen LogP contribution < -0.4 is 0 Å². The van der Waals surface area contributed by atoms with Crippen LogP contribution in [0.1, 0.15) is 64.5 Å². The van der Waals surface area contributed by atoms with Crippen LogP contribution in [0.5, 0.6) is 0 Å². The van der Waals surface area contributed by atoms with Crippen molar-refractivity contribution in [3.63, 3.8) is 0 Å². The van der Waals surface area contributed by atoms with Crippen LogP contribution in [0.15, 0.2) is 23.7 Å². The van der Waals surface area contributed by atoms with Gasteiger partial charge < -0.3 is 4.90 Å². The van der Waals surface area contributed by atoms with Gasteiger partial charge in [0.15, 0.2) is 11.5 Å². The molecule has 1 aliphatic heterocycles. The number of likely N-dealkylation sites (tertiary alicyclic amines) is 1. The second kappa shape index (κ2) is 6.88. The highest BCUT2D eigenvalue weighted by molar-refractivity contribution is 7.09. The maximum Gasteiger partial charge on any atom is 0.276 e. The summed E-state index contributed by atoms with van der Waals surface area (Å²) in [6.45, 7) is 2.02. The second-order valence-electron chi connectivity index (χ2n) is 7.32. The van der Waals surface area contributed by atoms with E-state index in [9.17, 15) is 4.79 Å². The van der Waals surface area contributed by atoms with E-state index in [1.54, 1.807) is 22.2 Å². The summed E-state index contributed by atoms with van der Waals surface area (Å²) in [5.74, 6) is 2.54. The minimum atomic E-state index is -0.0601. The lowest BCUT2D eigenvalue weighted by molar-refractivity contribution is 0.0698. The number of thiophene rings is 1. The van der Waals surface area contributed by atoms with Gasteiger partial charge in [-0.05, 0) is 37.1 Å². The molecule has 2 fully saturated rings. The molecule has 3 aromatic heterocycles. The molecule has 1 amide bonds. The number of aromatic amines is 1. The van der Waals surface area contributed by atoms with Gasteiger partial charge in [-0.2, -0.15) is 5.10 Å². The van der Waals surface area contributed by atoms with Crippen LogP contribution in [0.3, 0.4) is 0 Å². The molecule has 4 heterocycles. The highest BCUT2D eigenvalue weighted by atomic mass is 32.1. The fourth-order valence-electron chi connectivity index (χ4n) is 3.58. The van der Waals surface area contributed by atoms with Crippen molar-refractivity contribution in [2.24, 2.45) is 0 Å². The van der Waals surface area contributed by atoms with Crippen molar-refractivity contribution in [3.05, 3.63) is 45.9 Å². The Morgan fingerprint density at radius 3 is 3.04 bits per heavy atom. The van der Waals surface area contributed by atoms with Gasteiger partial charge in [0, 0.05) is 29.8 Å². The van der Waals surface area contributed by atoms with Crippen molar-refractivity contribution >= 4 is 17.2 Å². The topological polar surface area (TPSA) is 92.6 Å². The van der Waals surface area contributed by atoms with Gasteiger partial charge in [0.25, 0.3) is 5.91 Å². The molecule has 8 nitrogen and oxygen atoms in total. The number of amides is 1. The number of rotatable bonds is 5. The summed E-state index contributed by atoms with van der Waals surface area (Å²) in [4.78, 5) is 20.6. The molecule has 9 heteroatoms. The van der Waals surface area contributed by atoms with E-state index < -0.39 is 0 Å². The molecular formula is C18H21N7OS. The standard InChI is InChI=1S/C18H21N7OS/c26-18(15-11-25(23-20-15)10-14-4-2-8-27-14)24-7-1-3-13(9-24)17-19-16(21-22-17)12-5-6-12/h2,4,8,11-13H,1,3,5-7,9-10H2,(H,19,21,22). The highest BCUT2D eigenvalue weighted by Gasteiger charge is 2.32. The zero-order chi connectivity index (χ0) is 18.2. The molecule has 0 spiro atoms. The van der Waals surface area contributed by atoms with Crippen LogP contribution in [0.25, 0.3) is 0 Å². The Kier molecular flexibility index (Phi) is 4.23. The summed E-state index contributed by atoms with van der Waals surface area (Å²) >= 11 is 1.67. The quantitative estimate of drug-likeness (QED) is 0.730. The fraction of sp³-hybridized carbons (Fsp3) is 0.500. The third kappa shape index (κ3) is 3.51. The summed E-state index contributed by atoms with van der Waals surface area (Å²) < 4.78 is 1.72. The highest BCUT2D eigenvalue weighted by Crippen LogP contribution is 2.38. The third-order valence-electron chi connectivity index (χ3n) is 5.21. The number of hydrogen-bond donors (Lipinski definition) is 1. The summed E-state index contributed by atoms with van der Waals surface area (Å²) in [6, 6.07) is 4.06. The summed E-state index contributed by atoms with van der Waals surface area (Å²) in [5.41, 5.74) is 0.404. The summed E-state index contributed by atoms with van der Waals surface area (Å²) in [7, 11) is 0. The van der Waals surface area contributed by atoms with E-state index in [2.05, 4.69) is 31.6 Å². The maximum absolute atomic E-state index is 12.9. The Morgan fingerprint density at radius 1 is 1.30 bits per heavy atom. The van der Waals surface area contributed by atoms with E-state index in [0.717, 1.165) is 31.0 Å². The first-order valence-electron chi connectivity index (χ1n) is 9.40. The first kappa shape index (κ1) is 16.6. The second-order valence-corrected chi connectivity index (χ2v) is 8.36. The van der Waals surface area contributed by atoms with E-state index in [1.165, 1.54) is 17.7 Å². The van der Waals surface area contributed by atoms with Crippen LogP contribution in [0, 0.1) is 0 Å². The Morgan fingerprint density at radius 2 is 2.22 bits per heavy atom. The Bertz CT molecular complexity index is 927. The van der Waals surface area contributed by atoms with Gasteiger partial charge in [0.1, 0.15) is 5.82 Å². The normalized spacial score (nSPS) is 20.1. The molecule has 3 aromatic rings. The smallest absolute Gasteiger partial charge is 0.276 e. The number of carbonyl (C=O) groups excluding carboxylic acids is 1. The van der Waals surface area contributed by atoms with Gasteiger partial charge in [-0.25, -0.2) is 9.67 Å². The summed E-state index contributed by atoms with van der Waals surface area (Å²) in [5, 5.41) is 17.7. The molecular weight excluding hydrogens is 362 g/mol. The largest absolute Gasteiger partial charge is 0.336 e. The molecule has 0 aromatic carbocycles. The molecule has 2 aliphatic rings. The van der Waals surface area contributed by atoms with Crippen LogP contribution >= 0.6 is 11.3 Å². The third-order valence-corrected chi connectivity index (χ3v) is 6.07. The van der Waals surface area contributed by atoms with E-state index in [4.69, 9.17) is 0 Å². The van der Waals surface area contributed by atoms with Crippen LogP contribution in [0.4, 0.5) is 0 Å². The monoisotopic (exact) mass is 383 g/mol. The van der Waals surface area contributed by atoms with E-state index >= 15 is 0 Å². The lowest BCUT2D eigenvalue weighted by atomic mass is 9.97. The molecule has 0 radical (unpaired) electrons. The molecule has 1 saturated heterocycles. The first-order valence-corrected chi connectivity index (χ1v) is 10.3. The van der Waals surface area contributed by atoms with Crippen molar-refractivity contribution in [1.29, 1.82) is 0 Å². The number of H-pyrrole nitrogens is 1. The van der Waals surface area contributed by atoms with Crippen molar-refractivity contribution in [3.8, 4) is 0 Å². The molecule has 5 rings (SSSR count). The Balaban J connectivity index is 1.26. The van der Waals surface area contributed by atoms with Crippen molar-refractivity contribution in [2.45, 2.75) is 44.1 Å². The average Bonchev–Trinajstić information content (AvgIpc) is 3.10. The lowest BCUT2D eigenvalue weighted by Gasteiger charge is -2.30. The average molecular weight is 383 g/mol. The lowest BCUT2D eigenvalue weighted by Crippen LogP contribution is -2.39. The molecule has 0 bridgehead atoms. The molecule has 1 atom stereocenters. The van der Waals surface area contributed by atoms with E-state index in [1.807, 2.05) is 16.3 Å². The van der Waals surface area contributed by atoms with Gasteiger partial charge in [-0.15, -0.1) is 16.4 Å². The molecule has 1 saturated carbocycles. The zero-order valence-electron chi connectivity index (χ0n) is 14.9. The maximum atomic E-state index is 12.9. The van der Waals surface area contributed by atoms with Gasteiger partial charge in [0.05, 0.1) is 12.7 Å². The summed E-state index contributed by atoms with van der Waals surface area (Å²) in [6.07, 6.45) is 6.10. The first-order chi connectivity index (χ1) is 13.3. The molecule has 27 heavy (non-hydrogen) atoms. The number of hydrogen-bond acceptors (Lipinski definition) is 6. The van der Waals surface area contributed by atoms with E-state index in [0.29, 0.717) is 24.7 Å². The fourth-order valence-corrected chi connectivity index (χ4v) is 4.28. The minimum absolute atomic E-state index is 0.0601. The minimum Gasteiger partial charge on any atom is -0.336 e. The van der Waals surface area contributed by atoms with Crippen molar-refractivity contribution < 1.29 is 4.79 Å². The predicted molar refractivity (Wildman–Crippen MR) is 99.7 cm³/mol. The van der Waals surface area contributed by atoms with Gasteiger partial charge >= 0.3 is 0 Å². The number of aromatic nitrogens is 6.